The molecular weight excluding hydrogens is 268 g/mol. The van der Waals surface area contributed by atoms with Gasteiger partial charge in [0, 0.05) is 29.7 Å². The second-order valence-corrected chi connectivity index (χ2v) is 5.20. The molecule has 1 unspecified atom stereocenters. The first-order valence-corrected chi connectivity index (χ1v) is 6.25. The van der Waals surface area contributed by atoms with Crippen LogP contribution in [0.1, 0.15) is 12.5 Å². The van der Waals surface area contributed by atoms with Crippen molar-refractivity contribution in [3.63, 3.8) is 0 Å². The van der Waals surface area contributed by atoms with Crippen molar-refractivity contribution in [2.45, 2.75) is 12.5 Å². The molecule has 1 aromatic rings. The third-order valence-electron chi connectivity index (χ3n) is 3.05. The lowest BCUT2D eigenvalue weighted by molar-refractivity contribution is 0.289. The first-order chi connectivity index (χ1) is 7.65. The van der Waals surface area contributed by atoms with Crippen LogP contribution in [0.5, 0.6) is 5.75 Å². The average Bonchev–Trinajstić information content (AvgIpc) is 2.30. The lowest BCUT2D eigenvalue weighted by Crippen LogP contribution is -2.55. The molecule has 2 rings (SSSR count). The van der Waals surface area contributed by atoms with E-state index < -0.39 is 0 Å². The zero-order valence-electron chi connectivity index (χ0n) is 9.64. The lowest BCUT2D eigenvalue weighted by Gasteiger charge is -2.37. The van der Waals surface area contributed by atoms with Gasteiger partial charge in [-0.2, -0.15) is 0 Å². The van der Waals surface area contributed by atoms with E-state index in [1.165, 1.54) is 5.56 Å². The van der Waals surface area contributed by atoms with Crippen molar-refractivity contribution in [1.82, 2.24) is 10.6 Å². The van der Waals surface area contributed by atoms with Crippen molar-refractivity contribution in [2.24, 2.45) is 0 Å². The fourth-order valence-electron chi connectivity index (χ4n) is 2.13. The molecule has 0 aromatic heterocycles. The van der Waals surface area contributed by atoms with Gasteiger partial charge >= 0.3 is 0 Å². The Balaban J connectivity index is 2.40. The quantitative estimate of drug-likeness (QED) is 0.870. The van der Waals surface area contributed by atoms with Crippen molar-refractivity contribution < 1.29 is 4.74 Å². The van der Waals surface area contributed by atoms with Gasteiger partial charge in [0.25, 0.3) is 0 Å². The first-order valence-electron chi connectivity index (χ1n) is 5.45. The molecule has 16 heavy (non-hydrogen) atoms. The summed E-state index contributed by atoms with van der Waals surface area (Å²) in [4.78, 5) is 0. The van der Waals surface area contributed by atoms with Gasteiger partial charge in [-0.15, -0.1) is 0 Å². The van der Waals surface area contributed by atoms with Crippen molar-refractivity contribution >= 4 is 15.9 Å². The van der Waals surface area contributed by atoms with Crippen molar-refractivity contribution in [3.8, 4) is 5.75 Å². The molecule has 1 heterocycles. The van der Waals surface area contributed by atoms with E-state index in [1.54, 1.807) is 7.11 Å². The first kappa shape index (κ1) is 11.9. The van der Waals surface area contributed by atoms with E-state index in [0.29, 0.717) is 0 Å². The Morgan fingerprint density at radius 1 is 1.38 bits per heavy atom. The molecule has 0 spiro atoms. The molecular formula is C12H17BrN2O. The van der Waals surface area contributed by atoms with Crippen molar-refractivity contribution in [2.75, 3.05) is 26.7 Å². The van der Waals surface area contributed by atoms with E-state index in [0.717, 1.165) is 29.9 Å². The number of methoxy groups -OCH3 is 1. The second kappa shape index (κ2) is 4.73. The van der Waals surface area contributed by atoms with E-state index in [1.807, 2.05) is 12.1 Å². The highest BCUT2D eigenvalue weighted by Gasteiger charge is 2.31. The van der Waals surface area contributed by atoms with E-state index in [4.69, 9.17) is 4.74 Å². The summed E-state index contributed by atoms with van der Waals surface area (Å²) in [6, 6.07) is 6.13. The molecule has 3 nitrogen and oxygen atoms in total. The van der Waals surface area contributed by atoms with Gasteiger partial charge in [0.2, 0.25) is 0 Å². The number of halogens is 1. The van der Waals surface area contributed by atoms with Crippen molar-refractivity contribution in [1.29, 1.82) is 0 Å². The Morgan fingerprint density at radius 2 is 2.19 bits per heavy atom. The third kappa shape index (κ3) is 2.24. The van der Waals surface area contributed by atoms with E-state index in [9.17, 15) is 0 Å². The maximum Gasteiger partial charge on any atom is 0.124 e. The molecule has 1 saturated heterocycles. The SMILES string of the molecule is COc1ccc(Br)cc1C1(C)CNCCN1. The molecule has 88 valence electrons. The minimum absolute atomic E-state index is 0.0621. The number of nitrogens with one attached hydrogen (secondary N) is 2. The Hall–Kier alpha value is -0.580. The minimum atomic E-state index is -0.0621. The van der Waals surface area contributed by atoms with Gasteiger partial charge in [-0.05, 0) is 25.1 Å². The predicted octanol–water partition coefficient (Wildman–Crippen LogP) is 1.87. The van der Waals surface area contributed by atoms with Gasteiger partial charge in [-0.1, -0.05) is 15.9 Å². The molecule has 0 radical (unpaired) electrons. The van der Waals surface area contributed by atoms with E-state index in [-0.39, 0.29) is 5.54 Å². The Labute approximate surface area is 105 Å². The van der Waals surface area contributed by atoms with Crippen molar-refractivity contribution in [3.05, 3.63) is 28.2 Å². The summed E-state index contributed by atoms with van der Waals surface area (Å²) in [6.07, 6.45) is 0. The molecule has 0 amide bonds. The van der Waals surface area contributed by atoms with Crippen LogP contribution < -0.4 is 15.4 Å². The second-order valence-electron chi connectivity index (χ2n) is 4.28. The van der Waals surface area contributed by atoms with Crippen LogP contribution in [-0.4, -0.2) is 26.7 Å². The summed E-state index contributed by atoms with van der Waals surface area (Å²) < 4.78 is 6.51. The topological polar surface area (TPSA) is 33.3 Å². The number of rotatable bonds is 2. The summed E-state index contributed by atoms with van der Waals surface area (Å²) >= 11 is 3.51. The number of benzene rings is 1. The molecule has 0 aliphatic carbocycles. The Kier molecular flexibility index (Phi) is 3.52. The zero-order valence-corrected chi connectivity index (χ0v) is 11.2. The molecule has 2 N–H and O–H groups in total. The summed E-state index contributed by atoms with van der Waals surface area (Å²) in [5.41, 5.74) is 1.13. The molecule has 1 fully saturated rings. The number of piperazine rings is 1. The number of ether oxygens (including phenoxy) is 1. The fourth-order valence-corrected chi connectivity index (χ4v) is 2.49. The maximum atomic E-state index is 5.43. The van der Waals surface area contributed by atoms with Crippen LogP contribution in [0, 0.1) is 0 Å². The maximum absolute atomic E-state index is 5.43. The highest BCUT2D eigenvalue weighted by Crippen LogP contribution is 2.32. The summed E-state index contributed by atoms with van der Waals surface area (Å²) in [7, 11) is 1.71. The smallest absolute Gasteiger partial charge is 0.124 e. The molecule has 4 heteroatoms. The third-order valence-corrected chi connectivity index (χ3v) is 3.54. The van der Waals surface area contributed by atoms with Gasteiger partial charge in [0.1, 0.15) is 5.75 Å². The summed E-state index contributed by atoms with van der Waals surface area (Å²) in [6.45, 7) is 5.11. The molecule has 0 saturated carbocycles. The minimum Gasteiger partial charge on any atom is -0.496 e. The molecule has 1 aliphatic heterocycles. The lowest BCUT2D eigenvalue weighted by atomic mass is 9.89. The predicted molar refractivity (Wildman–Crippen MR) is 68.9 cm³/mol. The Morgan fingerprint density at radius 3 is 2.81 bits per heavy atom. The molecule has 1 aromatic carbocycles. The number of hydrogen-bond donors (Lipinski definition) is 2. The number of hydrogen-bond acceptors (Lipinski definition) is 3. The standard InChI is InChI=1S/C12H17BrN2O/c1-12(8-14-5-6-15-12)10-7-9(13)3-4-11(10)16-2/h3-4,7,14-15H,5-6,8H2,1-2H3. The highest BCUT2D eigenvalue weighted by atomic mass is 79.9. The van der Waals surface area contributed by atoms with E-state index >= 15 is 0 Å². The molecule has 0 bridgehead atoms. The largest absolute Gasteiger partial charge is 0.496 e. The van der Waals surface area contributed by atoms with Crippen LogP contribution in [0.4, 0.5) is 0 Å². The van der Waals surface area contributed by atoms with Gasteiger partial charge in [0.05, 0.1) is 12.6 Å². The van der Waals surface area contributed by atoms with Crippen LogP contribution in [0.2, 0.25) is 0 Å². The van der Waals surface area contributed by atoms with E-state index in [2.05, 4.69) is 39.6 Å². The van der Waals surface area contributed by atoms with Crippen LogP contribution in [0.3, 0.4) is 0 Å². The average molecular weight is 285 g/mol. The molecule has 1 atom stereocenters. The van der Waals surface area contributed by atoms with Gasteiger partial charge < -0.3 is 15.4 Å². The fraction of sp³-hybridized carbons (Fsp3) is 0.500. The molecule has 1 aliphatic rings. The normalized spacial score (nSPS) is 25.4. The Bertz CT molecular complexity index is 375. The van der Waals surface area contributed by atoms with Gasteiger partial charge in [-0.25, -0.2) is 0 Å². The van der Waals surface area contributed by atoms with Crippen LogP contribution in [-0.2, 0) is 5.54 Å². The summed E-state index contributed by atoms with van der Waals surface area (Å²) in [5.74, 6) is 0.932. The zero-order chi connectivity index (χ0) is 11.6. The van der Waals surface area contributed by atoms with Gasteiger partial charge in [0.15, 0.2) is 0 Å². The monoisotopic (exact) mass is 284 g/mol. The van der Waals surface area contributed by atoms with Crippen LogP contribution >= 0.6 is 15.9 Å². The highest BCUT2D eigenvalue weighted by molar-refractivity contribution is 9.10. The van der Waals surface area contributed by atoms with Gasteiger partial charge in [-0.3, -0.25) is 0 Å². The van der Waals surface area contributed by atoms with Crippen LogP contribution in [0.15, 0.2) is 22.7 Å². The van der Waals surface area contributed by atoms with Crippen LogP contribution in [0.25, 0.3) is 0 Å². The summed E-state index contributed by atoms with van der Waals surface area (Å²) in [5, 5.41) is 6.96.